The zero-order valence-electron chi connectivity index (χ0n) is 11.9. The third kappa shape index (κ3) is 3.12. The molecule has 0 bridgehead atoms. The molecule has 1 aliphatic rings. The molecule has 0 atom stereocenters. The van der Waals surface area contributed by atoms with Gasteiger partial charge in [-0.25, -0.2) is 0 Å². The first-order valence-electron chi connectivity index (χ1n) is 7.15. The minimum Gasteiger partial charge on any atom is -0.396 e. The molecule has 2 N–H and O–H groups in total. The van der Waals surface area contributed by atoms with Crippen molar-refractivity contribution in [2.75, 3.05) is 13.2 Å². The van der Waals surface area contributed by atoms with Crippen molar-refractivity contribution in [2.45, 2.75) is 52.6 Å². The summed E-state index contributed by atoms with van der Waals surface area (Å²) in [6.07, 6.45) is 4.70. The van der Waals surface area contributed by atoms with Crippen molar-refractivity contribution in [2.24, 2.45) is 5.41 Å². The molecule has 0 aromatic carbocycles. The van der Waals surface area contributed by atoms with E-state index >= 15 is 0 Å². The van der Waals surface area contributed by atoms with E-state index in [9.17, 15) is 5.11 Å². The van der Waals surface area contributed by atoms with E-state index in [2.05, 4.69) is 17.3 Å². The predicted octanol–water partition coefficient (Wildman–Crippen LogP) is 2.51. The molecule has 0 spiro atoms. The predicted molar refractivity (Wildman–Crippen MR) is 77.3 cm³/mol. The number of aliphatic hydroxyl groups excluding tert-OH is 1. The van der Waals surface area contributed by atoms with Crippen LogP contribution in [0.2, 0.25) is 5.02 Å². The molecule has 1 fully saturated rings. The van der Waals surface area contributed by atoms with Crippen LogP contribution in [-0.2, 0) is 13.1 Å². The van der Waals surface area contributed by atoms with Gasteiger partial charge in [0, 0.05) is 31.7 Å². The zero-order valence-corrected chi connectivity index (χ0v) is 12.6. The summed E-state index contributed by atoms with van der Waals surface area (Å²) in [5, 5.41) is 18.2. The van der Waals surface area contributed by atoms with Crippen LogP contribution in [0.25, 0.3) is 0 Å². The number of rotatable bonds is 6. The number of hydrogen-bond acceptors (Lipinski definition) is 3. The van der Waals surface area contributed by atoms with Gasteiger partial charge in [0.2, 0.25) is 0 Å². The minimum atomic E-state index is 0.0819. The van der Waals surface area contributed by atoms with E-state index in [1.165, 1.54) is 12.8 Å². The van der Waals surface area contributed by atoms with Gasteiger partial charge in [-0.05, 0) is 26.7 Å². The van der Waals surface area contributed by atoms with Crippen molar-refractivity contribution >= 4 is 11.6 Å². The number of hydrogen-bond donors (Lipinski definition) is 2. The second-order valence-corrected chi connectivity index (χ2v) is 6.01. The van der Waals surface area contributed by atoms with Gasteiger partial charge in [0.05, 0.1) is 16.4 Å². The molecular weight excluding hydrogens is 262 g/mol. The Labute approximate surface area is 120 Å². The maximum Gasteiger partial charge on any atom is 0.0860 e. The van der Waals surface area contributed by atoms with E-state index in [1.807, 2.05) is 11.6 Å². The van der Waals surface area contributed by atoms with Gasteiger partial charge in [-0.1, -0.05) is 24.4 Å². The van der Waals surface area contributed by atoms with Crippen molar-refractivity contribution in [1.82, 2.24) is 15.1 Å². The Morgan fingerprint density at radius 1 is 1.42 bits per heavy atom. The first-order valence-corrected chi connectivity index (χ1v) is 7.53. The summed E-state index contributed by atoms with van der Waals surface area (Å²) in [6, 6.07) is 0. The van der Waals surface area contributed by atoms with Crippen molar-refractivity contribution in [1.29, 1.82) is 0 Å². The highest BCUT2D eigenvalue weighted by atomic mass is 35.5. The fraction of sp³-hybridized carbons (Fsp3) is 0.786. The van der Waals surface area contributed by atoms with Crippen LogP contribution in [0.15, 0.2) is 0 Å². The summed E-state index contributed by atoms with van der Waals surface area (Å²) in [7, 11) is 0. The number of halogens is 1. The lowest BCUT2D eigenvalue weighted by Gasteiger charge is -2.26. The molecule has 0 saturated heterocycles. The first kappa shape index (κ1) is 14.8. The third-order valence-corrected chi connectivity index (χ3v) is 4.74. The van der Waals surface area contributed by atoms with Gasteiger partial charge in [-0.15, -0.1) is 0 Å². The largest absolute Gasteiger partial charge is 0.396 e. The Balaban J connectivity index is 1.95. The van der Waals surface area contributed by atoms with Gasteiger partial charge in [-0.3, -0.25) is 4.68 Å². The van der Waals surface area contributed by atoms with Crippen LogP contribution in [0.1, 0.15) is 44.0 Å². The lowest BCUT2D eigenvalue weighted by atomic mass is 9.87. The Kier molecular flexibility index (Phi) is 4.87. The van der Waals surface area contributed by atoms with E-state index < -0.39 is 0 Å². The molecule has 2 rings (SSSR count). The molecule has 1 heterocycles. The molecule has 19 heavy (non-hydrogen) atoms. The highest BCUT2D eigenvalue weighted by molar-refractivity contribution is 6.31. The fourth-order valence-electron chi connectivity index (χ4n) is 3.00. The van der Waals surface area contributed by atoms with Crippen LogP contribution >= 0.6 is 11.6 Å². The van der Waals surface area contributed by atoms with Crippen LogP contribution in [0, 0.1) is 12.3 Å². The Bertz CT molecular complexity index is 425. The van der Waals surface area contributed by atoms with Crippen molar-refractivity contribution in [3.63, 3.8) is 0 Å². The van der Waals surface area contributed by atoms with Crippen LogP contribution < -0.4 is 5.32 Å². The van der Waals surface area contributed by atoms with Crippen molar-refractivity contribution < 1.29 is 5.11 Å². The smallest absolute Gasteiger partial charge is 0.0860 e. The minimum absolute atomic E-state index is 0.0819. The second-order valence-electron chi connectivity index (χ2n) is 5.63. The van der Waals surface area contributed by atoms with Crippen molar-refractivity contribution in [3.05, 3.63) is 16.4 Å². The van der Waals surface area contributed by atoms with Crippen LogP contribution in [0.4, 0.5) is 0 Å². The topological polar surface area (TPSA) is 50.1 Å². The molecule has 108 valence electrons. The SMILES string of the molecule is CCn1nc(C)c(Cl)c1CNCC1(CO)CCCC1. The first-order chi connectivity index (χ1) is 9.12. The van der Waals surface area contributed by atoms with Crippen LogP contribution in [0.3, 0.4) is 0 Å². The van der Waals surface area contributed by atoms with Gasteiger partial charge < -0.3 is 10.4 Å². The van der Waals surface area contributed by atoms with E-state index in [-0.39, 0.29) is 12.0 Å². The van der Waals surface area contributed by atoms with E-state index in [0.29, 0.717) is 0 Å². The molecule has 0 radical (unpaired) electrons. The summed E-state index contributed by atoms with van der Waals surface area (Å²) in [4.78, 5) is 0. The quantitative estimate of drug-likeness (QED) is 0.844. The molecule has 1 saturated carbocycles. The average Bonchev–Trinajstić information content (AvgIpc) is 2.99. The fourth-order valence-corrected chi connectivity index (χ4v) is 3.20. The monoisotopic (exact) mass is 285 g/mol. The summed E-state index contributed by atoms with van der Waals surface area (Å²) >= 11 is 6.28. The molecule has 1 aliphatic carbocycles. The number of nitrogens with zero attached hydrogens (tertiary/aromatic N) is 2. The molecule has 5 heteroatoms. The van der Waals surface area contributed by atoms with Gasteiger partial charge in [0.1, 0.15) is 0 Å². The molecule has 1 aromatic rings. The maximum absolute atomic E-state index is 9.59. The highest BCUT2D eigenvalue weighted by Gasteiger charge is 2.32. The summed E-state index contributed by atoms with van der Waals surface area (Å²) in [5.74, 6) is 0. The molecule has 0 unspecified atom stereocenters. The summed E-state index contributed by atoms with van der Waals surface area (Å²) in [6.45, 7) is 6.68. The standard InChI is InChI=1S/C14H24ClN3O/c1-3-18-12(13(15)11(2)17-18)8-16-9-14(10-19)6-4-5-7-14/h16,19H,3-10H2,1-2H3. The highest BCUT2D eigenvalue weighted by Crippen LogP contribution is 2.37. The third-order valence-electron chi connectivity index (χ3n) is 4.24. The lowest BCUT2D eigenvalue weighted by molar-refractivity contribution is 0.128. The maximum atomic E-state index is 9.59. The second kappa shape index (κ2) is 6.25. The van der Waals surface area contributed by atoms with Crippen LogP contribution in [0.5, 0.6) is 0 Å². The molecule has 0 amide bonds. The molecular formula is C14H24ClN3O. The van der Waals surface area contributed by atoms with Crippen LogP contribution in [-0.4, -0.2) is 28.0 Å². The van der Waals surface area contributed by atoms with Gasteiger partial charge in [0.15, 0.2) is 0 Å². The van der Waals surface area contributed by atoms with Gasteiger partial charge in [0.25, 0.3) is 0 Å². The van der Waals surface area contributed by atoms with E-state index in [0.717, 1.165) is 48.9 Å². The Hall–Kier alpha value is -0.580. The lowest BCUT2D eigenvalue weighted by Crippen LogP contribution is -2.35. The molecule has 4 nitrogen and oxygen atoms in total. The summed E-state index contributed by atoms with van der Waals surface area (Å²) < 4.78 is 1.95. The molecule has 1 aromatic heterocycles. The normalized spacial score (nSPS) is 18.1. The Morgan fingerprint density at radius 3 is 2.68 bits per heavy atom. The number of aromatic nitrogens is 2. The van der Waals surface area contributed by atoms with E-state index in [4.69, 9.17) is 11.6 Å². The number of aryl methyl sites for hydroxylation is 2. The average molecular weight is 286 g/mol. The summed E-state index contributed by atoms with van der Waals surface area (Å²) in [5.41, 5.74) is 2.02. The van der Waals surface area contributed by atoms with Gasteiger partial charge >= 0.3 is 0 Å². The van der Waals surface area contributed by atoms with Gasteiger partial charge in [-0.2, -0.15) is 5.10 Å². The zero-order chi connectivity index (χ0) is 13.9. The molecule has 0 aliphatic heterocycles. The number of nitrogens with one attached hydrogen (secondary N) is 1. The van der Waals surface area contributed by atoms with E-state index in [1.54, 1.807) is 0 Å². The Morgan fingerprint density at radius 2 is 2.11 bits per heavy atom. The number of aliphatic hydroxyl groups is 1. The van der Waals surface area contributed by atoms with Crippen molar-refractivity contribution in [3.8, 4) is 0 Å².